The predicted octanol–water partition coefficient (Wildman–Crippen LogP) is 3.60. The molecule has 0 amide bonds. The number of hydrogen-bond acceptors (Lipinski definition) is 5. The first kappa shape index (κ1) is 12.0. The standard InChI is InChI=1S/C11H10O2S3/c1-7(12)13-9-4-2-8(3-5-9)10-6-11(14)16-15-10/h2-6,11,14H,1H3. The van der Waals surface area contributed by atoms with E-state index in [1.165, 1.54) is 11.8 Å². The van der Waals surface area contributed by atoms with Gasteiger partial charge in [0.05, 0.1) is 4.58 Å². The second-order valence-corrected chi connectivity index (χ2v) is 6.51. The Bertz CT molecular complexity index is 425. The summed E-state index contributed by atoms with van der Waals surface area (Å²) in [6.07, 6.45) is 2.11. The van der Waals surface area contributed by atoms with Crippen molar-refractivity contribution < 1.29 is 9.53 Å². The molecule has 0 N–H and O–H groups in total. The highest BCUT2D eigenvalue weighted by Crippen LogP contribution is 2.48. The van der Waals surface area contributed by atoms with Gasteiger partial charge in [0.1, 0.15) is 5.75 Å². The van der Waals surface area contributed by atoms with Gasteiger partial charge in [0, 0.05) is 11.8 Å². The van der Waals surface area contributed by atoms with Gasteiger partial charge in [-0.05, 0) is 23.8 Å². The summed E-state index contributed by atoms with van der Waals surface area (Å²) in [5, 5.41) is 0. The average molecular weight is 270 g/mol. The molecule has 0 aromatic heterocycles. The van der Waals surface area contributed by atoms with E-state index in [1.54, 1.807) is 33.7 Å². The van der Waals surface area contributed by atoms with Crippen LogP contribution in [0.1, 0.15) is 12.5 Å². The molecule has 1 heterocycles. The Labute approximate surface area is 108 Å². The lowest BCUT2D eigenvalue weighted by Crippen LogP contribution is -2.00. The van der Waals surface area contributed by atoms with Crippen LogP contribution in [0.2, 0.25) is 0 Å². The molecule has 0 fully saturated rings. The molecule has 2 rings (SSSR count). The van der Waals surface area contributed by atoms with Crippen LogP contribution >= 0.6 is 34.2 Å². The maximum absolute atomic E-state index is 10.7. The molecule has 0 saturated heterocycles. The average Bonchev–Trinajstić information content (AvgIpc) is 2.65. The third-order valence-corrected chi connectivity index (χ3v) is 5.25. The van der Waals surface area contributed by atoms with E-state index in [0.29, 0.717) is 5.75 Å². The Morgan fingerprint density at radius 2 is 2.06 bits per heavy atom. The number of carbonyl (C=O) groups is 1. The van der Waals surface area contributed by atoms with Crippen molar-refractivity contribution >= 4 is 45.1 Å². The van der Waals surface area contributed by atoms with Crippen molar-refractivity contribution in [2.24, 2.45) is 0 Å². The summed E-state index contributed by atoms with van der Waals surface area (Å²) < 4.78 is 5.23. The Hall–Kier alpha value is -0.520. The van der Waals surface area contributed by atoms with Crippen molar-refractivity contribution in [2.45, 2.75) is 11.5 Å². The summed E-state index contributed by atoms with van der Waals surface area (Å²) in [5.74, 6) is 0.281. The zero-order chi connectivity index (χ0) is 11.5. The van der Waals surface area contributed by atoms with Crippen molar-refractivity contribution in [2.75, 3.05) is 0 Å². The molecule has 1 aromatic rings. The number of esters is 1. The monoisotopic (exact) mass is 270 g/mol. The van der Waals surface area contributed by atoms with E-state index in [1.807, 2.05) is 12.1 Å². The fourth-order valence-electron chi connectivity index (χ4n) is 1.28. The van der Waals surface area contributed by atoms with Crippen LogP contribution in [0.3, 0.4) is 0 Å². The van der Waals surface area contributed by atoms with Crippen LogP contribution in [0.15, 0.2) is 30.3 Å². The third kappa shape index (κ3) is 2.99. The first-order valence-electron chi connectivity index (χ1n) is 4.67. The molecule has 1 aliphatic heterocycles. The molecule has 2 nitrogen and oxygen atoms in total. The van der Waals surface area contributed by atoms with E-state index < -0.39 is 0 Å². The molecule has 1 atom stereocenters. The van der Waals surface area contributed by atoms with Crippen LogP contribution in [0.25, 0.3) is 4.91 Å². The fraction of sp³-hybridized carbons (Fsp3) is 0.182. The Kier molecular flexibility index (Phi) is 3.89. The quantitative estimate of drug-likeness (QED) is 0.384. The SMILES string of the molecule is CC(=O)Oc1ccc(C2=CC(S)SS2)cc1. The smallest absolute Gasteiger partial charge is 0.308 e. The second kappa shape index (κ2) is 5.21. The third-order valence-electron chi connectivity index (χ3n) is 1.93. The molecule has 1 unspecified atom stereocenters. The van der Waals surface area contributed by atoms with Crippen LogP contribution in [0.5, 0.6) is 5.75 Å². The molecular weight excluding hydrogens is 260 g/mol. The van der Waals surface area contributed by atoms with Gasteiger partial charge in [-0.25, -0.2) is 0 Å². The van der Waals surface area contributed by atoms with Crippen LogP contribution in [0.4, 0.5) is 0 Å². The normalized spacial score (nSPS) is 19.4. The van der Waals surface area contributed by atoms with Gasteiger partial charge in [0.25, 0.3) is 0 Å². The van der Waals surface area contributed by atoms with Crippen LogP contribution in [-0.4, -0.2) is 10.6 Å². The molecule has 1 aromatic carbocycles. The van der Waals surface area contributed by atoms with Gasteiger partial charge < -0.3 is 4.74 Å². The minimum absolute atomic E-state index is 0.258. The van der Waals surface area contributed by atoms with E-state index in [9.17, 15) is 4.79 Å². The van der Waals surface area contributed by atoms with Gasteiger partial charge in [-0.2, -0.15) is 12.6 Å². The van der Waals surface area contributed by atoms with Gasteiger partial charge >= 0.3 is 5.97 Å². The maximum Gasteiger partial charge on any atom is 0.308 e. The molecule has 0 spiro atoms. The van der Waals surface area contributed by atoms with E-state index in [4.69, 9.17) is 4.74 Å². The minimum Gasteiger partial charge on any atom is -0.427 e. The van der Waals surface area contributed by atoms with Crippen LogP contribution < -0.4 is 4.74 Å². The van der Waals surface area contributed by atoms with Crippen molar-refractivity contribution in [1.29, 1.82) is 0 Å². The van der Waals surface area contributed by atoms with Gasteiger partial charge in [-0.15, -0.1) is 0 Å². The van der Waals surface area contributed by atoms with Gasteiger partial charge in [0.2, 0.25) is 0 Å². The number of thiol groups is 1. The summed E-state index contributed by atoms with van der Waals surface area (Å²) in [5.41, 5.74) is 1.13. The molecule has 0 aliphatic carbocycles. The van der Waals surface area contributed by atoms with Crippen molar-refractivity contribution in [3.8, 4) is 5.75 Å². The topological polar surface area (TPSA) is 26.3 Å². The number of carbonyl (C=O) groups excluding carboxylic acids is 1. The highest BCUT2D eigenvalue weighted by Gasteiger charge is 2.15. The van der Waals surface area contributed by atoms with E-state index in [0.717, 1.165) is 5.56 Å². The maximum atomic E-state index is 10.7. The van der Waals surface area contributed by atoms with Gasteiger partial charge in [0.15, 0.2) is 0 Å². The van der Waals surface area contributed by atoms with Crippen LogP contribution in [-0.2, 0) is 4.79 Å². The highest BCUT2D eigenvalue weighted by molar-refractivity contribution is 8.82. The molecule has 1 aliphatic rings. The van der Waals surface area contributed by atoms with Crippen molar-refractivity contribution in [3.05, 3.63) is 35.9 Å². The summed E-state index contributed by atoms with van der Waals surface area (Å²) in [7, 11) is 3.43. The molecule has 0 saturated carbocycles. The lowest BCUT2D eigenvalue weighted by atomic mass is 10.2. The predicted molar refractivity (Wildman–Crippen MR) is 73.7 cm³/mol. The van der Waals surface area contributed by atoms with E-state index >= 15 is 0 Å². The zero-order valence-electron chi connectivity index (χ0n) is 8.54. The first-order chi connectivity index (χ1) is 7.65. The number of benzene rings is 1. The molecule has 84 valence electrons. The lowest BCUT2D eigenvalue weighted by Gasteiger charge is -2.03. The largest absolute Gasteiger partial charge is 0.427 e. The summed E-state index contributed by atoms with van der Waals surface area (Å²) >= 11 is 4.36. The zero-order valence-corrected chi connectivity index (χ0v) is 11.1. The Morgan fingerprint density at radius 3 is 2.56 bits per heavy atom. The molecular formula is C11H10O2S3. The Morgan fingerprint density at radius 1 is 1.38 bits per heavy atom. The second-order valence-electron chi connectivity index (χ2n) is 3.22. The van der Waals surface area contributed by atoms with Gasteiger partial charge in [-0.1, -0.05) is 33.7 Å². The summed E-state index contributed by atoms with van der Waals surface area (Å²) in [6, 6.07) is 7.50. The lowest BCUT2D eigenvalue weighted by molar-refractivity contribution is -0.131. The van der Waals surface area contributed by atoms with Crippen LogP contribution in [0, 0.1) is 0 Å². The first-order valence-corrected chi connectivity index (χ1v) is 7.40. The Balaban J connectivity index is 2.13. The minimum atomic E-state index is -0.298. The van der Waals surface area contributed by atoms with E-state index in [2.05, 4.69) is 18.7 Å². The molecule has 16 heavy (non-hydrogen) atoms. The number of rotatable bonds is 2. The van der Waals surface area contributed by atoms with E-state index in [-0.39, 0.29) is 10.6 Å². The molecule has 0 bridgehead atoms. The number of hydrogen-bond donors (Lipinski definition) is 1. The van der Waals surface area contributed by atoms with Crippen molar-refractivity contribution in [3.63, 3.8) is 0 Å². The fourth-order valence-corrected chi connectivity index (χ4v) is 4.05. The van der Waals surface area contributed by atoms with Gasteiger partial charge in [-0.3, -0.25) is 4.79 Å². The molecule has 0 radical (unpaired) electrons. The van der Waals surface area contributed by atoms with Crippen molar-refractivity contribution in [1.82, 2.24) is 0 Å². The summed E-state index contributed by atoms with van der Waals surface area (Å²) in [4.78, 5) is 12.0. The highest BCUT2D eigenvalue weighted by atomic mass is 33.1. The number of ether oxygens (including phenoxy) is 1. The summed E-state index contributed by atoms with van der Waals surface area (Å²) in [6.45, 7) is 1.39. The molecule has 5 heteroatoms.